The van der Waals surface area contributed by atoms with E-state index in [9.17, 15) is 57.5 Å². The fourth-order valence-corrected chi connectivity index (χ4v) is 2.24. The van der Waals surface area contributed by atoms with Crippen molar-refractivity contribution in [3.05, 3.63) is 42.2 Å². The van der Waals surface area contributed by atoms with Gasteiger partial charge < -0.3 is 14.2 Å². The lowest BCUT2D eigenvalue weighted by molar-refractivity contribution is -0.353. The van der Waals surface area contributed by atoms with Crippen LogP contribution in [0.5, 0.6) is 5.75 Å². The van der Waals surface area contributed by atoms with Crippen molar-refractivity contribution >= 4 is 22.1 Å². The summed E-state index contributed by atoms with van der Waals surface area (Å²) in [5.41, 5.74) is -1.32. The molecule has 34 heavy (non-hydrogen) atoms. The first-order valence-electron chi connectivity index (χ1n) is 8.17. The second-order valence-corrected chi connectivity index (χ2v) is 7.58. The van der Waals surface area contributed by atoms with E-state index < -0.39 is 75.6 Å². The molecular weight excluding hydrogens is 523 g/mol. The Morgan fingerprint density at radius 2 is 1.47 bits per heavy atom. The van der Waals surface area contributed by atoms with Crippen LogP contribution in [0.3, 0.4) is 0 Å². The average molecular weight is 534 g/mol. The van der Waals surface area contributed by atoms with E-state index in [4.69, 9.17) is 4.55 Å². The summed E-state index contributed by atoms with van der Waals surface area (Å²) in [6, 6.07) is 1.23. The molecule has 8 nitrogen and oxygen atoms in total. The summed E-state index contributed by atoms with van der Waals surface area (Å²) in [6.45, 7) is 0.225. The van der Waals surface area contributed by atoms with E-state index >= 15 is 0 Å². The smallest absolute Gasteiger partial charge is 0.421 e. The number of hydrogen-bond donors (Lipinski definition) is 1. The minimum absolute atomic E-state index is 0.265. The van der Waals surface area contributed by atoms with E-state index in [1.165, 1.54) is 0 Å². The molecule has 0 saturated heterocycles. The topological polar surface area (TPSA) is 116 Å². The highest BCUT2D eigenvalue weighted by atomic mass is 32.2. The van der Waals surface area contributed by atoms with Crippen LogP contribution >= 0.6 is 0 Å². The third-order valence-electron chi connectivity index (χ3n) is 3.57. The molecule has 0 spiro atoms. The molecule has 192 valence electrons. The van der Waals surface area contributed by atoms with Crippen LogP contribution in [0.25, 0.3) is 0 Å². The monoisotopic (exact) mass is 534 g/mol. The molecule has 0 aliphatic carbocycles. The van der Waals surface area contributed by atoms with Crippen LogP contribution in [0.1, 0.15) is 12.0 Å². The van der Waals surface area contributed by atoms with Crippen molar-refractivity contribution in [2.45, 2.75) is 29.8 Å². The summed E-state index contributed by atoms with van der Waals surface area (Å²) in [5, 5.41) is -5.10. The molecular formula is C16H11F9O8S. The van der Waals surface area contributed by atoms with E-state index in [1.54, 1.807) is 0 Å². The molecule has 0 aliphatic heterocycles. The summed E-state index contributed by atoms with van der Waals surface area (Å²) >= 11 is 0. The lowest BCUT2D eigenvalue weighted by Gasteiger charge is -2.32. The molecule has 1 atom stereocenters. The predicted molar refractivity (Wildman–Crippen MR) is 89.3 cm³/mol. The molecule has 1 rings (SSSR count). The van der Waals surface area contributed by atoms with Gasteiger partial charge in [-0.15, -0.1) is 0 Å². The minimum atomic E-state index is -6.21. The molecule has 0 aliphatic rings. The van der Waals surface area contributed by atoms with E-state index in [1.807, 2.05) is 0 Å². The number of halogens is 9. The maximum Gasteiger partial charge on any atom is 0.468 e. The molecule has 1 aromatic rings. The Morgan fingerprint density at radius 1 is 0.971 bits per heavy atom. The molecule has 0 fully saturated rings. The van der Waals surface area contributed by atoms with E-state index in [0.29, 0.717) is 12.1 Å². The van der Waals surface area contributed by atoms with Crippen molar-refractivity contribution in [1.82, 2.24) is 0 Å². The number of ether oxygens (including phenoxy) is 3. The first kappa shape index (κ1) is 29.2. The Kier molecular flexibility index (Phi) is 8.40. The molecule has 0 heterocycles. The molecule has 0 radical (unpaired) electrons. The second kappa shape index (κ2) is 9.79. The molecule has 0 aromatic heterocycles. The summed E-state index contributed by atoms with van der Waals surface area (Å²) in [7, 11) is -6.16. The Morgan fingerprint density at radius 3 is 1.85 bits per heavy atom. The normalized spacial score (nSPS) is 14.8. The van der Waals surface area contributed by atoms with Gasteiger partial charge in [0.15, 0.2) is 0 Å². The van der Waals surface area contributed by atoms with Gasteiger partial charge in [0.05, 0.1) is 18.6 Å². The van der Waals surface area contributed by atoms with Crippen LogP contribution in [0.2, 0.25) is 0 Å². The van der Waals surface area contributed by atoms with Gasteiger partial charge in [-0.3, -0.25) is 4.55 Å². The quantitative estimate of drug-likeness (QED) is 0.127. The Labute approximate surface area is 183 Å². The molecule has 1 aromatic carbocycles. The summed E-state index contributed by atoms with van der Waals surface area (Å²) in [5.74, 6) is -13.7. The van der Waals surface area contributed by atoms with Crippen molar-refractivity contribution in [2.24, 2.45) is 0 Å². The van der Waals surface area contributed by atoms with Gasteiger partial charge in [-0.25, -0.2) is 9.59 Å². The van der Waals surface area contributed by atoms with Crippen molar-refractivity contribution in [3.63, 3.8) is 0 Å². The number of hydrogen-bond acceptors (Lipinski definition) is 7. The van der Waals surface area contributed by atoms with Gasteiger partial charge in [0, 0.05) is 0 Å². The maximum absolute atomic E-state index is 13.7. The zero-order chi connectivity index (χ0) is 26.8. The highest BCUT2D eigenvalue weighted by Gasteiger charge is 2.68. The third kappa shape index (κ3) is 6.83. The fourth-order valence-electron chi connectivity index (χ4n) is 1.90. The van der Waals surface area contributed by atoms with Crippen LogP contribution in [-0.4, -0.2) is 48.7 Å². The first-order valence-corrected chi connectivity index (χ1v) is 9.61. The SMILES string of the molecule is C=C(F)C(=O)OC(OCCC(F)(F)S(=O)(=O)O)(C(=O)Oc1ccc(C(F)(F)F)cc1)C(F)(F)F. The van der Waals surface area contributed by atoms with Crippen molar-refractivity contribution in [3.8, 4) is 5.75 Å². The highest BCUT2D eigenvalue weighted by Crippen LogP contribution is 2.39. The fraction of sp³-hybridized carbons (Fsp3) is 0.375. The molecule has 1 N–H and O–H groups in total. The van der Waals surface area contributed by atoms with Gasteiger partial charge in [0.2, 0.25) is 5.83 Å². The van der Waals surface area contributed by atoms with Crippen LogP contribution < -0.4 is 4.74 Å². The number of rotatable bonds is 9. The standard InChI is InChI=1S/C16H11F9O8S/c1-8(17)11(26)33-14(16(23,24)25,31-7-6-13(18,19)34(28,29)30)12(27)32-10-4-2-9(3-5-10)15(20,21)22/h2-5H,1,6-7H2,(H,28,29,30). The zero-order valence-corrected chi connectivity index (χ0v) is 16.9. The molecule has 0 saturated carbocycles. The van der Waals surface area contributed by atoms with Gasteiger partial charge in [0.1, 0.15) is 5.75 Å². The zero-order valence-electron chi connectivity index (χ0n) is 16.0. The third-order valence-corrected chi connectivity index (χ3v) is 4.53. The predicted octanol–water partition coefficient (Wildman–Crippen LogP) is 3.78. The van der Waals surface area contributed by atoms with Gasteiger partial charge >= 0.3 is 45.5 Å². The molecule has 0 amide bonds. The lowest BCUT2D eigenvalue weighted by Crippen LogP contribution is -2.59. The number of carbonyl (C=O) groups is 2. The summed E-state index contributed by atoms with van der Waals surface area (Å²) in [6.07, 6.45) is -13.3. The van der Waals surface area contributed by atoms with E-state index in [-0.39, 0.29) is 12.1 Å². The van der Waals surface area contributed by atoms with E-state index in [0.717, 1.165) is 0 Å². The van der Waals surface area contributed by atoms with E-state index in [2.05, 4.69) is 20.8 Å². The van der Waals surface area contributed by atoms with Gasteiger partial charge in [0.25, 0.3) is 0 Å². The Bertz CT molecular complexity index is 1030. The average Bonchev–Trinajstić information content (AvgIpc) is 2.64. The summed E-state index contributed by atoms with van der Waals surface area (Å²) in [4.78, 5) is 23.5. The van der Waals surface area contributed by atoms with Gasteiger partial charge in [-0.05, 0) is 24.3 Å². The first-order chi connectivity index (χ1) is 15.1. The molecule has 18 heteroatoms. The highest BCUT2D eigenvalue weighted by molar-refractivity contribution is 7.86. The van der Waals surface area contributed by atoms with Gasteiger partial charge in [-0.2, -0.15) is 47.9 Å². The minimum Gasteiger partial charge on any atom is -0.421 e. The molecule has 1 unspecified atom stereocenters. The molecule has 0 bridgehead atoms. The number of benzene rings is 1. The van der Waals surface area contributed by atoms with Crippen LogP contribution in [0.4, 0.5) is 39.5 Å². The van der Waals surface area contributed by atoms with Crippen LogP contribution in [-0.2, 0) is 35.4 Å². The number of esters is 2. The van der Waals surface area contributed by atoms with Gasteiger partial charge in [-0.1, -0.05) is 6.58 Å². The van der Waals surface area contributed by atoms with Crippen molar-refractivity contribution in [2.75, 3.05) is 6.61 Å². The number of carbonyl (C=O) groups excluding carboxylic acids is 2. The summed E-state index contributed by atoms with van der Waals surface area (Å²) < 4.78 is 159. The van der Waals surface area contributed by atoms with Crippen molar-refractivity contribution < 1.29 is 76.3 Å². The van der Waals surface area contributed by atoms with Crippen LogP contribution in [0, 0.1) is 0 Å². The van der Waals surface area contributed by atoms with Crippen molar-refractivity contribution in [1.29, 1.82) is 0 Å². The maximum atomic E-state index is 13.7. The Hall–Kier alpha value is -2.86. The largest absolute Gasteiger partial charge is 0.468 e. The van der Waals surface area contributed by atoms with Crippen LogP contribution in [0.15, 0.2) is 36.7 Å². The Balaban J connectivity index is 3.36. The number of alkyl halides is 8. The second-order valence-electron chi connectivity index (χ2n) is 6.03. The lowest BCUT2D eigenvalue weighted by atomic mass is 10.2.